The molecule has 2 aromatic rings. The molecule has 180 valence electrons. The van der Waals surface area contributed by atoms with Gasteiger partial charge in [0.2, 0.25) is 0 Å². The van der Waals surface area contributed by atoms with Crippen molar-refractivity contribution < 1.29 is 14.7 Å². The zero-order valence-electron chi connectivity index (χ0n) is 20.2. The number of likely N-dealkylation sites (N-methyl/N-ethyl adjacent to an activating group) is 1. The topological polar surface area (TPSA) is 73.2 Å². The van der Waals surface area contributed by atoms with Gasteiger partial charge in [-0.25, -0.2) is 0 Å². The predicted octanol–water partition coefficient (Wildman–Crippen LogP) is 5.01. The Hall–Kier alpha value is -3.22. The Bertz CT molecular complexity index is 1330. The minimum atomic E-state index is -1.07. The third-order valence-corrected chi connectivity index (χ3v) is 7.44. The fourth-order valence-corrected chi connectivity index (χ4v) is 5.51. The number of aliphatic hydroxyl groups is 1. The molecule has 1 N–H and O–H groups in total. The molecule has 0 spiro atoms. The number of hydrazone groups is 1. The van der Waals surface area contributed by atoms with E-state index in [0.29, 0.717) is 22.8 Å². The number of aliphatic hydroxyl groups excluding tert-OH is 1. The smallest absolute Gasteiger partial charge is 0.281 e. The number of rotatable bonds is 4. The maximum atomic E-state index is 13.4. The first-order valence-electron chi connectivity index (χ1n) is 11.9. The lowest BCUT2D eigenvalue weighted by atomic mass is 9.70. The van der Waals surface area contributed by atoms with Gasteiger partial charge >= 0.3 is 0 Å². The van der Waals surface area contributed by atoms with Crippen molar-refractivity contribution >= 4 is 40.4 Å². The molecular formula is C28H28ClN3O3. The van der Waals surface area contributed by atoms with Crippen molar-refractivity contribution in [3.63, 3.8) is 0 Å². The summed E-state index contributed by atoms with van der Waals surface area (Å²) in [4.78, 5) is 28.8. The van der Waals surface area contributed by atoms with Crippen molar-refractivity contribution in [3.8, 4) is 0 Å². The van der Waals surface area contributed by atoms with Gasteiger partial charge in [-0.05, 0) is 42.3 Å². The SMILES string of the molecule is CCCC1=NN(c2ccccc2)C(=O)/C1=C1/C(=O)C(/C=C2/N(C)c3ccc(Cl)cc3C2(C)C)C1O. The van der Waals surface area contributed by atoms with Crippen LogP contribution in [-0.4, -0.2) is 35.7 Å². The molecule has 2 atom stereocenters. The van der Waals surface area contributed by atoms with Gasteiger partial charge in [0, 0.05) is 34.4 Å². The van der Waals surface area contributed by atoms with Crippen LogP contribution in [0.25, 0.3) is 0 Å². The average Bonchev–Trinajstić information content (AvgIpc) is 3.24. The number of halogens is 1. The van der Waals surface area contributed by atoms with E-state index in [-0.39, 0.29) is 28.3 Å². The molecule has 1 aliphatic carbocycles. The van der Waals surface area contributed by atoms with Gasteiger partial charge in [0.15, 0.2) is 5.78 Å². The molecule has 35 heavy (non-hydrogen) atoms. The van der Waals surface area contributed by atoms with Crippen LogP contribution in [0.2, 0.25) is 5.02 Å². The van der Waals surface area contributed by atoms with E-state index in [1.807, 2.05) is 61.3 Å². The van der Waals surface area contributed by atoms with Crippen molar-refractivity contribution in [1.82, 2.24) is 0 Å². The molecule has 0 aromatic heterocycles. The number of amides is 1. The number of carbonyl (C=O) groups excluding carboxylic acids is 2. The number of nitrogens with zero attached hydrogens (tertiary/aromatic N) is 3. The second-order valence-electron chi connectivity index (χ2n) is 9.77. The normalized spacial score (nSPS) is 26.3. The van der Waals surface area contributed by atoms with Gasteiger partial charge in [0.05, 0.1) is 29.0 Å². The standard InChI is InChI=1S/C28H28ClN3O3/c1-5-9-20-23(27(35)32(30-20)17-10-7-6-8-11-17)24-25(33)18(26(24)34)15-22-28(2,3)19-14-16(29)12-13-21(19)31(22)4/h6-8,10-15,18,25,33H,5,9H2,1-4H3/b22-15+,24-23+. The average molecular weight is 490 g/mol. The van der Waals surface area contributed by atoms with Crippen molar-refractivity contribution in [2.75, 3.05) is 17.0 Å². The quantitative estimate of drug-likeness (QED) is 0.613. The molecule has 2 heterocycles. The van der Waals surface area contributed by atoms with Crippen molar-refractivity contribution in [1.29, 1.82) is 0 Å². The summed E-state index contributed by atoms with van der Waals surface area (Å²) in [7, 11) is 1.95. The zero-order chi connectivity index (χ0) is 25.1. The second kappa shape index (κ2) is 8.47. The third kappa shape index (κ3) is 3.55. The maximum Gasteiger partial charge on any atom is 0.281 e. The number of fused-ring (bicyclic) bond motifs is 1. The van der Waals surface area contributed by atoms with E-state index in [4.69, 9.17) is 11.6 Å². The first-order chi connectivity index (χ1) is 16.7. The van der Waals surface area contributed by atoms with Crippen LogP contribution in [0.3, 0.4) is 0 Å². The highest BCUT2D eigenvalue weighted by atomic mass is 35.5. The molecule has 1 saturated carbocycles. The van der Waals surface area contributed by atoms with Gasteiger partial charge in [-0.2, -0.15) is 10.1 Å². The van der Waals surface area contributed by atoms with Crippen LogP contribution < -0.4 is 9.91 Å². The lowest BCUT2D eigenvalue weighted by Gasteiger charge is -2.35. The van der Waals surface area contributed by atoms with Crippen LogP contribution in [0.1, 0.15) is 39.2 Å². The second-order valence-corrected chi connectivity index (χ2v) is 10.2. The molecule has 7 heteroatoms. The highest BCUT2D eigenvalue weighted by molar-refractivity contribution is 6.34. The molecule has 1 fully saturated rings. The number of anilines is 2. The van der Waals surface area contributed by atoms with E-state index in [9.17, 15) is 14.7 Å². The van der Waals surface area contributed by atoms with Crippen molar-refractivity contribution in [2.45, 2.75) is 45.1 Å². The molecule has 3 aliphatic rings. The number of carbonyl (C=O) groups is 2. The number of Topliss-reactive ketones (excluding diaryl/α,β-unsaturated/α-hetero) is 1. The van der Waals surface area contributed by atoms with E-state index >= 15 is 0 Å². The Morgan fingerprint density at radius 1 is 1.14 bits per heavy atom. The summed E-state index contributed by atoms with van der Waals surface area (Å²) in [5.41, 5.74) is 4.22. The van der Waals surface area contributed by atoms with Gasteiger partial charge in [0.25, 0.3) is 5.91 Å². The van der Waals surface area contributed by atoms with Gasteiger partial charge in [-0.15, -0.1) is 0 Å². The first-order valence-corrected chi connectivity index (χ1v) is 12.2. The summed E-state index contributed by atoms with van der Waals surface area (Å²) in [6, 6.07) is 14.9. The van der Waals surface area contributed by atoms with E-state index in [2.05, 4.69) is 18.9 Å². The van der Waals surface area contributed by atoms with E-state index in [1.165, 1.54) is 5.01 Å². The monoisotopic (exact) mass is 489 g/mol. The Balaban J connectivity index is 1.50. The number of ketones is 1. The lowest BCUT2D eigenvalue weighted by molar-refractivity contribution is -0.128. The molecule has 0 bridgehead atoms. The van der Waals surface area contributed by atoms with Gasteiger partial charge in [0.1, 0.15) is 0 Å². The molecule has 0 radical (unpaired) electrons. The molecule has 2 aliphatic heterocycles. The molecular weight excluding hydrogens is 462 g/mol. The minimum Gasteiger partial charge on any atom is -0.387 e. The molecule has 5 rings (SSSR count). The van der Waals surface area contributed by atoms with Crippen LogP contribution in [0, 0.1) is 5.92 Å². The highest BCUT2D eigenvalue weighted by Gasteiger charge is 2.50. The van der Waals surface area contributed by atoms with E-state index < -0.39 is 12.0 Å². The summed E-state index contributed by atoms with van der Waals surface area (Å²) in [6.07, 6.45) is 2.09. The fourth-order valence-electron chi connectivity index (χ4n) is 5.34. The Labute approximate surface area is 210 Å². The number of benzene rings is 2. The van der Waals surface area contributed by atoms with E-state index in [0.717, 1.165) is 23.4 Å². The third-order valence-electron chi connectivity index (χ3n) is 7.21. The van der Waals surface area contributed by atoms with Gasteiger partial charge in [-0.3, -0.25) is 9.59 Å². The summed E-state index contributed by atoms with van der Waals surface area (Å²) in [5, 5.41) is 17.7. The van der Waals surface area contributed by atoms with Crippen molar-refractivity contribution in [2.24, 2.45) is 11.0 Å². The summed E-state index contributed by atoms with van der Waals surface area (Å²) in [5.74, 6) is -1.32. The van der Waals surface area contributed by atoms with E-state index in [1.54, 1.807) is 12.1 Å². The number of para-hydroxylation sites is 1. The van der Waals surface area contributed by atoms with Crippen molar-refractivity contribution in [3.05, 3.63) is 82.0 Å². The Kier molecular flexibility index (Phi) is 5.69. The molecule has 2 aromatic carbocycles. The summed E-state index contributed by atoms with van der Waals surface area (Å²) >= 11 is 6.25. The van der Waals surface area contributed by atoms with Crippen LogP contribution in [-0.2, 0) is 15.0 Å². The largest absolute Gasteiger partial charge is 0.387 e. The summed E-state index contributed by atoms with van der Waals surface area (Å²) < 4.78 is 0. The highest BCUT2D eigenvalue weighted by Crippen LogP contribution is 2.49. The minimum absolute atomic E-state index is 0.168. The Morgan fingerprint density at radius 2 is 1.86 bits per heavy atom. The fraction of sp³-hybridized carbons (Fsp3) is 0.321. The molecule has 0 saturated heterocycles. The molecule has 2 unspecified atom stereocenters. The first kappa shape index (κ1) is 23.5. The maximum absolute atomic E-state index is 13.4. The zero-order valence-corrected chi connectivity index (χ0v) is 21.0. The van der Waals surface area contributed by atoms with Gasteiger partial charge in [-0.1, -0.05) is 63.1 Å². The number of allylic oxidation sites excluding steroid dienone is 1. The van der Waals surface area contributed by atoms with Crippen LogP contribution in [0.4, 0.5) is 11.4 Å². The lowest BCUT2D eigenvalue weighted by Crippen LogP contribution is -2.47. The van der Waals surface area contributed by atoms with Gasteiger partial charge < -0.3 is 10.0 Å². The molecule has 6 nitrogen and oxygen atoms in total. The van der Waals surface area contributed by atoms with Crippen LogP contribution in [0.5, 0.6) is 0 Å². The predicted molar refractivity (Wildman–Crippen MR) is 139 cm³/mol. The summed E-state index contributed by atoms with van der Waals surface area (Å²) in [6.45, 7) is 6.15. The van der Waals surface area contributed by atoms with Crippen LogP contribution in [0.15, 0.2) is 76.6 Å². The number of hydrogen-bond acceptors (Lipinski definition) is 5. The molecule has 1 amide bonds. The number of hydrogen-bond donors (Lipinski definition) is 1. The Morgan fingerprint density at radius 3 is 2.51 bits per heavy atom. The van der Waals surface area contributed by atoms with Crippen LogP contribution >= 0.6 is 11.6 Å².